The Hall–Kier alpha value is -0.160. The lowest BCUT2D eigenvalue weighted by Crippen LogP contribution is -2.21. The zero-order chi connectivity index (χ0) is 13.1. The number of benzene rings is 1. The minimum Gasteiger partial charge on any atom is -0.306 e. The molecule has 0 saturated heterocycles. The predicted octanol–water partition coefficient (Wildman–Crippen LogP) is 5.28. The van der Waals surface area contributed by atoms with Crippen LogP contribution in [0, 0.1) is 6.92 Å². The molecule has 2 aromatic rings. The lowest BCUT2D eigenvalue weighted by Gasteiger charge is -2.19. The van der Waals surface area contributed by atoms with Gasteiger partial charge >= 0.3 is 0 Å². The maximum absolute atomic E-state index is 3.63. The van der Waals surface area contributed by atoms with Crippen molar-refractivity contribution in [3.8, 4) is 0 Å². The van der Waals surface area contributed by atoms with Crippen LogP contribution in [-0.4, -0.2) is 6.54 Å². The first-order valence-electron chi connectivity index (χ1n) is 5.84. The minimum atomic E-state index is 0.243. The molecule has 0 radical (unpaired) electrons. The molecule has 1 atom stereocenters. The zero-order valence-electron chi connectivity index (χ0n) is 10.3. The van der Waals surface area contributed by atoms with E-state index in [1.54, 1.807) is 11.3 Å². The van der Waals surface area contributed by atoms with Gasteiger partial charge in [-0.05, 0) is 57.5 Å². The number of hydrogen-bond acceptors (Lipinski definition) is 2. The predicted molar refractivity (Wildman–Crippen MR) is 86.4 cm³/mol. The Kier molecular flexibility index (Phi) is 5.01. The first-order chi connectivity index (χ1) is 8.63. The van der Waals surface area contributed by atoms with Crippen molar-refractivity contribution in [2.24, 2.45) is 0 Å². The molecule has 1 N–H and O–H groups in total. The zero-order valence-corrected chi connectivity index (χ0v) is 14.3. The third-order valence-electron chi connectivity index (χ3n) is 2.89. The third-order valence-corrected chi connectivity index (χ3v) is 5.50. The highest BCUT2D eigenvalue weighted by atomic mass is 79.9. The second kappa shape index (κ2) is 6.33. The fourth-order valence-electron chi connectivity index (χ4n) is 1.90. The van der Waals surface area contributed by atoms with Gasteiger partial charge in [-0.3, -0.25) is 0 Å². The van der Waals surface area contributed by atoms with E-state index in [0.717, 1.165) is 11.0 Å². The molecule has 0 aliphatic carbocycles. The summed E-state index contributed by atoms with van der Waals surface area (Å²) in [6, 6.07) is 6.79. The number of thiophene rings is 1. The Labute approximate surface area is 129 Å². The van der Waals surface area contributed by atoms with Gasteiger partial charge in [0.15, 0.2) is 0 Å². The van der Waals surface area contributed by atoms with Gasteiger partial charge in [0, 0.05) is 14.3 Å². The Morgan fingerprint density at radius 3 is 2.56 bits per heavy atom. The van der Waals surface area contributed by atoms with E-state index in [0.29, 0.717) is 0 Å². The van der Waals surface area contributed by atoms with Crippen LogP contribution in [0.3, 0.4) is 0 Å². The van der Waals surface area contributed by atoms with Crippen molar-refractivity contribution in [2.75, 3.05) is 6.54 Å². The van der Waals surface area contributed by atoms with Gasteiger partial charge in [0.25, 0.3) is 0 Å². The van der Waals surface area contributed by atoms with Gasteiger partial charge in [-0.1, -0.05) is 35.0 Å². The molecule has 0 saturated carbocycles. The molecule has 0 fully saturated rings. The van der Waals surface area contributed by atoms with Crippen LogP contribution in [0.25, 0.3) is 0 Å². The van der Waals surface area contributed by atoms with Gasteiger partial charge in [-0.15, -0.1) is 0 Å². The largest absolute Gasteiger partial charge is 0.306 e. The molecular weight excluding hydrogens is 374 g/mol. The monoisotopic (exact) mass is 387 g/mol. The van der Waals surface area contributed by atoms with Gasteiger partial charge in [0.05, 0.1) is 6.04 Å². The van der Waals surface area contributed by atoms with E-state index in [1.807, 2.05) is 0 Å². The van der Waals surface area contributed by atoms with Gasteiger partial charge in [-0.2, -0.15) is 11.3 Å². The van der Waals surface area contributed by atoms with Crippen LogP contribution in [0.15, 0.2) is 37.9 Å². The molecule has 1 nitrogen and oxygen atoms in total. The van der Waals surface area contributed by atoms with Crippen LogP contribution < -0.4 is 5.32 Å². The fourth-order valence-corrected chi connectivity index (χ4v) is 3.85. The van der Waals surface area contributed by atoms with Crippen molar-refractivity contribution in [1.82, 2.24) is 5.32 Å². The summed E-state index contributed by atoms with van der Waals surface area (Å²) in [7, 11) is 0. The summed E-state index contributed by atoms with van der Waals surface area (Å²) < 4.78 is 2.34. The highest BCUT2D eigenvalue weighted by molar-refractivity contribution is 9.10. The maximum atomic E-state index is 3.63. The topological polar surface area (TPSA) is 12.0 Å². The number of rotatable bonds is 4. The molecule has 0 amide bonds. The van der Waals surface area contributed by atoms with Crippen LogP contribution in [0.4, 0.5) is 0 Å². The van der Waals surface area contributed by atoms with Gasteiger partial charge < -0.3 is 5.32 Å². The molecule has 1 aromatic heterocycles. The summed E-state index contributed by atoms with van der Waals surface area (Å²) >= 11 is 8.96. The van der Waals surface area contributed by atoms with E-state index in [4.69, 9.17) is 0 Å². The van der Waals surface area contributed by atoms with E-state index in [2.05, 4.69) is 80.0 Å². The van der Waals surface area contributed by atoms with Gasteiger partial charge in [0.1, 0.15) is 0 Å². The third kappa shape index (κ3) is 3.05. The van der Waals surface area contributed by atoms with Crippen molar-refractivity contribution < 1.29 is 0 Å². The second-order valence-corrected chi connectivity index (χ2v) is 6.63. The molecule has 2 rings (SSSR count). The van der Waals surface area contributed by atoms with Crippen molar-refractivity contribution >= 4 is 43.2 Å². The molecular formula is C14H15Br2NS. The summed E-state index contributed by atoms with van der Waals surface area (Å²) in [6.07, 6.45) is 0. The van der Waals surface area contributed by atoms with Crippen LogP contribution in [0.2, 0.25) is 0 Å². The van der Waals surface area contributed by atoms with Crippen molar-refractivity contribution in [3.05, 3.63) is 54.6 Å². The summed E-state index contributed by atoms with van der Waals surface area (Å²) in [6.45, 7) is 5.19. The first-order valence-corrected chi connectivity index (χ1v) is 8.37. The van der Waals surface area contributed by atoms with Crippen molar-refractivity contribution in [3.63, 3.8) is 0 Å². The van der Waals surface area contributed by atoms with Gasteiger partial charge in [-0.25, -0.2) is 0 Å². The second-order valence-electron chi connectivity index (χ2n) is 4.17. The van der Waals surface area contributed by atoms with E-state index in [-0.39, 0.29) is 6.04 Å². The van der Waals surface area contributed by atoms with Gasteiger partial charge in [0.2, 0.25) is 0 Å². The maximum Gasteiger partial charge on any atom is 0.0596 e. The summed E-state index contributed by atoms with van der Waals surface area (Å²) in [5.41, 5.74) is 3.85. The van der Waals surface area contributed by atoms with Crippen LogP contribution >= 0.6 is 43.2 Å². The molecule has 0 aliphatic rings. The first kappa shape index (κ1) is 14.3. The lowest BCUT2D eigenvalue weighted by molar-refractivity contribution is 0.630. The van der Waals surface area contributed by atoms with Crippen molar-refractivity contribution in [2.45, 2.75) is 19.9 Å². The molecule has 96 valence electrons. The Bertz CT molecular complexity index is 536. The average molecular weight is 389 g/mol. The summed E-state index contributed by atoms with van der Waals surface area (Å²) in [5.74, 6) is 0. The molecule has 0 aliphatic heterocycles. The Balaban J connectivity index is 2.41. The van der Waals surface area contributed by atoms with Crippen molar-refractivity contribution in [1.29, 1.82) is 0 Å². The number of halogens is 2. The SMILES string of the molecule is CCNC(c1ccc(C)c(Br)c1)c1cscc1Br. The quantitative estimate of drug-likeness (QED) is 0.751. The molecule has 1 heterocycles. The number of aryl methyl sites for hydroxylation is 1. The molecule has 1 unspecified atom stereocenters. The standard InChI is InChI=1S/C14H15Br2NS/c1-3-17-14(11-7-18-8-13(11)16)10-5-4-9(2)12(15)6-10/h4-8,14,17H,3H2,1-2H3. The highest BCUT2D eigenvalue weighted by Crippen LogP contribution is 2.33. The van der Waals surface area contributed by atoms with E-state index < -0.39 is 0 Å². The molecule has 18 heavy (non-hydrogen) atoms. The molecule has 0 spiro atoms. The lowest BCUT2D eigenvalue weighted by atomic mass is 10.0. The molecule has 4 heteroatoms. The van der Waals surface area contributed by atoms with E-state index in [9.17, 15) is 0 Å². The van der Waals surface area contributed by atoms with Crippen LogP contribution in [0.5, 0.6) is 0 Å². The summed E-state index contributed by atoms with van der Waals surface area (Å²) in [5, 5.41) is 7.87. The Morgan fingerprint density at radius 1 is 1.22 bits per heavy atom. The number of hydrogen-bond donors (Lipinski definition) is 1. The van der Waals surface area contributed by atoms with Crippen LogP contribution in [-0.2, 0) is 0 Å². The van der Waals surface area contributed by atoms with E-state index >= 15 is 0 Å². The number of nitrogens with one attached hydrogen (secondary N) is 1. The fraction of sp³-hybridized carbons (Fsp3) is 0.286. The summed E-state index contributed by atoms with van der Waals surface area (Å²) in [4.78, 5) is 0. The Morgan fingerprint density at radius 2 is 2.00 bits per heavy atom. The van der Waals surface area contributed by atoms with Crippen LogP contribution in [0.1, 0.15) is 29.7 Å². The smallest absolute Gasteiger partial charge is 0.0596 e. The molecule has 0 bridgehead atoms. The normalized spacial score (nSPS) is 12.7. The van der Waals surface area contributed by atoms with E-state index in [1.165, 1.54) is 21.2 Å². The average Bonchev–Trinajstić information content (AvgIpc) is 2.76. The highest BCUT2D eigenvalue weighted by Gasteiger charge is 2.17. The minimum absolute atomic E-state index is 0.243. The molecule has 1 aromatic carbocycles.